The number of halogens is 2. The highest BCUT2D eigenvalue weighted by molar-refractivity contribution is 9.10. The first-order valence-electron chi connectivity index (χ1n) is 5.64. The number of rotatable bonds is 4. The van der Waals surface area contributed by atoms with Crippen LogP contribution in [-0.2, 0) is 4.79 Å². The molecule has 1 amide bonds. The fourth-order valence-corrected chi connectivity index (χ4v) is 2.21. The van der Waals surface area contributed by atoms with Gasteiger partial charge in [0.05, 0.1) is 5.02 Å². The number of anilines is 1. The molecule has 2 rings (SSSR count). The molecular weight excluding hydrogens is 328 g/mol. The SMILES string of the molecule is NC(=O)C(Nc1ccc(Cl)c(Br)c1)c1ccccc1. The van der Waals surface area contributed by atoms with Crippen LogP contribution in [0.3, 0.4) is 0 Å². The van der Waals surface area contributed by atoms with Gasteiger partial charge < -0.3 is 11.1 Å². The Balaban J connectivity index is 2.27. The molecule has 0 aliphatic heterocycles. The summed E-state index contributed by atoms with van der Waals surface area (Å²) in [5.74, 6) is -0.433. The largest absolute Gasteiger partial charge is 0.370 e. The van der Waals surface area contributed by atoms with Crippen LogP contribution in [0.2, 0.25) is 5.02 Å². The lowest BCUT2D eigenvalue weighted by molar-refractivity contribution is -0.118. The van der Waals surface area contributed by atoms with Crippen molar-refractivity contribution in [2.75, 3.05) is 5.32 Å². The molecule has 2 aromatic rings. The molecule has 0 saturated heterocycles. The van der Waals surface area contributed by atoms with E-state index >= 15 is 0 Å². The molecule has 0 aromatic heterocycles. The molecule has 0 aliphatic carbocycles. The summed E-state index contributed by atoms with van der Waals surface area (Å²) in [6.07, 6.45) is 0. The summed E-state index contributed by atoms with van der Waals surface area (Å²) in [5, 5.41) is 3.71. The fourth-order valence-electron chi connectivity index (χ4n) is 1.72. The topological polar surface area (TPSA) is 55.1 Å². The van der Waals surface area contributed by atoms with Crippen LogP contribution in [0.1, 0.15) is 11.6 Å². The Kier molecular flexibility index (Phi) is 4.45. The lowest BCUT2D eigenvalue weighted by Crippen LogP contribution is -2.27. The zero-order chi connectivity index (χ0) is 13.8. The molecule has 3 nitrogen and oxygen atoms in total. The monoisotopic (exact) mass is 338 g/mol. The van der Waals surface area contributed by atoms with E-state index in [2.05, 4.69) is 21.2 Å². The van der Waals surface area contributed by atoms with E-state index in [9.17, 15) is 4.79 Å². The number of amides is 1. The van der Waals surface area contributed by atoms with Gasteiger partial charge in [0.15, 0.2) is 0 Å². The van der Waals surface area contributed by atoms with E-state index in [0.29, 0.717) is 5.02 Å². The van der Waals surface area contributed by atoms with Crippen LogP contribution in [0.4, 0.5) is 5.69 Å². The Labute approximate surface area is 124 Å². The number of hydrogen-bond acceptors (Lipinski definition) is 2. The van der Waals surface area contributed by atoms with Crippen molar-refractivity contribution in [3.05, 3.63) is 63.6 Å². The molecule has 0 spiro atoms. The maximum absolute atomic E-state index is 11.6. The molecule has 5 heteroatoms. The van der Waals surface area contributed by atoms with E-state index in [1.807, 2.05) is 30.3 Å². The van der Waals surface area contributed by atoms with Crippen LogP contribution >= 0.6 is 27.5 Å². The quantitative estimate of drug-likeness (QED) is 0.891. The number of benzene rings is 2. The van der Waals surface area contributed by atoms with Gasteiger partial charge >= 0.3 is 0 Å². The molecule has 3 N–H and O–H groups in total. The number of nitrogens with two attached hydrogens (primary N) is 1. The van der Waals surface area contributed by atoms with Crippen molar-refractivity contribution in [3.63, 3.8) is 0 Å². The lowest BCUT2D eigenvalue weighted by atomic mass is 10.1. The normalized spacial score (nSPS) is 11.9. The van der Waals surface area contributed by atoms with Gasteiger partial charge in [0, 0.05) is 10.2 Å². The van der Waals surface area contributed by atoms with Gasteiger partial charge in [0.1, 0.15) is 6.04 Å². The minimum absolute atomic E-state index is 0.433. The molecule has 0 aliphatic rings. The van der Waals surface area contributed by atoms with Crippen molar-refractivity contribution >= 4 is 39.1 Å². The van der Waals surface area contributed by atoms with Crippen LogP contribution in [0.25, 0.3) is 0 Å². The fraction of sp³-hybridized carbons (Fsp3) is 0.0714. The van der Waals surface area contributed by atoms with Crippen molar-refractivity contribution in [2.45, 2.75) is 6.04 Å². The van der Waals surface area contributed by atoms with Crippen LogP contribution in [0.5, 0.6) is 0 Å². The molecule has 19 heavy (non-hydrogen) atoms. The standard InChI is InChI=1S/C14H12BrClN2O/c15-11-8-10(6-7-12(11)16)18-13(14(17)19)9-4-2-1-3-5-9/h1-8,13,18H,(H2,17,19). The maximum atomic E-state index is 11.6. The summed E-state index contributed by atoms with van der Waals surface area (Å²) in [7, 11) is 0. The van der Waals surface area contributed by atoms with Gasteiger partial charge in [-0.05, 0) is 39.7 Å². The third-order valence-electron chi connectivity index (χ3n) is 2.65. The Bertz CT molecular complexity index is 589. The highest BCUT2D eigenvalue weighted by Crippen LogP contribution is 2.27. The average Bonchev–Trinajstić information content (AvgIpc) is 2.40. The summed E-state index contributed by atoms with van der Waals surface area (Å²) in [6.45, 7) is 0. The van der Waals surface area contributed by atoms with Crippen LogP contribution in [-0.4, -0.2) is 5.91 Å². The smallest absolute Gasteiger partial charge is 0.244 e. The average molecular weight is 340 g/mol. The van der Waals surface area contributed by atoms with Gasteiger partial charge in [0.2, 0.25) is 5.91 Å². The summed E-state index contributed by atoms with van der Waals surface area (Å²) < 4.78 is 0.760. The lowest BCUT2D eigenvalue weighted by Gasteiger charge is -2.17. The van der Waals surface area contributed by atoms with E-state index in [4.69, 9.17) is 17.3 Å². The number of hydrogen-bond donors (Lipinski definition) is 2. The van der Waals surface area contributed by atoms with E-state index in [0.717, 1.165) is 15.7 Å². The zero-order valence-corrected chi connectivity index (χ0v) is 12.3. The molecule has 0 fully saturated rings. The summed E-state index contributed by atoms with van der Waals surface area (Å²) in [4.78, 5) is 11.6. The van der Waals surface area contributed by atoms with Gasteiger partial charge in [-0.3, -0.25) is 4.79 Å². The summed E-state index contributed by atoms with van der Waals surface area (Å²) in [5.41, 5.74) is 7.03. The third-order valence-corrected chi connectivity index (χ3v) is 3.86. The number of carbonyl (C=O) groups excluding carboxylic acids is 1. The molecule has 0 heterocycles. The minimum Gasteiger partial charge on any atom is -0.370 e. The second-order valence-corrected chi connectivity index (χ2v) is 5.28. The highest BCUT2D eigenvalue weighted by atomic mass is 79.9. The Morgan fingerprint density at radius 2 is 1.89 bits per heavy atom. The van der Waals surface area contributed by atoms with Gasteiger partial charge in [-0.25, -0.2) is 0 Å². The molecule has 1 atom stereocenters. The Morgan fingerprint density at radius 1 is 1.21 bits per heavy atom. The number of nitrogens with one attached hydrogen (secondary N) is 1. The van der Waals surface area contributed by atoms with Crippen molar-refractivity contribution in [1.82, 2.24) is 0 Å². The summed E-state index contributed by atoms with van der Waals surface area (Å²) in [6, 6.07) is 14.1. The van der Waals surface area contributed by atoms with E-state index < -0.39 is 11.9 Å². The van der Waals surface area contributed by atoms with Crippen molar-refractivity contribution < 1.29 is 4.79 Å². The Hall–Kier alpha value is -1.52. The molecule has 98 valence electrons. The molecule has 0 saturated carbocycles. The zero-order valence-electron chi connectivity index (χ0n) is 9.94. The predicted octanol–water partition coefficient (Wildman–Crippen LogP) is 3.74. The minimum atomic E-state index is -0.575. The number of primary amides is 1. The first kappa shape index (κ1) is 13.9. The second-order valence-electron chi connectivity index (χ2n) is 4.02. The maximum Gasteiger partial charge on any atom is 0.244 e. The molecule has 0 radical (unpaired) electrons. The molecule has 0 bridgehead atoms. The predicted molar refractivity (Wildman–Crippen MR) is 81.2 cm³/mol. The van der Waals surface area contributed by atoms with Crippen molar-refractivity contribution in [2.24, 2.45) is 5.73 Å². The van der Waals surface area contributed by atoms with Gasteiger partial charge in [-0.15, -0.1) is 0 Å². The second kappa shape index (κ2) is 6.08. The van der Waals surface area contributed by atoms with Crippen molar-refractivity contribution in [1.29, 1.82) is 0 Å². The van der Waals surface area contributed by atoms with E-state index in [1.54, 1.807) is 18.2 Å². The van der Waals surface area contributed by atoms with Crippen LogP contribution in [0, 0.1) is 0 Å². The van der Waals surface area contributed by atoms with Crippen molar-refractivity contribution in [3.8, 4) is 0 Å². The first-order valence-corrected chi connectivity index (χ1v) is 6.81. The number of carbonyl (C=O) groups is 1. The Morgan fingerprint density at radius 3 is 2.47 bits per heavy atom. The van der Waals surface area contributed by atoms with Crippen LogP contribution in [0.15, 0.2) is 53.0 Å². The van der Waals surface area contributed by atoms with E-state index in [1.165, 1.54) is 0 Å². The molecule has 2 aromatic carbocycles. The third kappa shape index (κ3) is 3.49. The van der Waals surface area contributed by atoms with E-state index in [-0.39, 0.29) is 0 Å². The van der Waals surface area contributed by atoms with Gasteiger partial charge in [-0.2, -0.15) is 0 Å². The molecule has 1 unspecified atom stereocenters. The van der Waals surface area contributed by atoms with Gasteiger partial charge in [-0.1, -0.05) is 41.9 Å². The van der Waals surface area contributed by atoms with Gasteiger partial charge in [0.25, 0.3) is 0 Å². The van der Waals surface area contributed by atoms with Crippen LogP contribution < -0.4 is 11.1 Å². The molecular formula is C14H12BrClN2O. The first-order chi connectivity index (χ1) is 9.08. The summed E-state index contributed by atoms with van der Waals surface area (Å²) >= 11 is 9.27. The highest BCUT2D eigenvalue weighted by Gasteiger charge is 2.17.